The Morgan fingerprint density at radius 1 is 0.568 bits per heavy atom. The predicted molar refractivity (Wildman–Crippen MR) is 161 cm³/mol. The summed E-state index contributed by atoms with van der Waals surface area (Å²) in [5, 5.41) is 22.6. The third-order valence-corrected chi connectivity index (χ3v) is 6.84. The first-order chi connectivity index (χ1) is 21.3. The Kier molecular flexibility index (Phi) is 8.83. The second-order valence-corrected chi connectivity index (χ2v) is 9.94. The molecule has 0 fully saturated rings. The highest BCUT2D eigenvalue weighted by molar-refractivity contribution is 6.31. The molecule has 0 aliphatic rings. The molecule has 0 aromatic heterocycles. The van der Waals surface area contributed by atoms with Crippen molar-refractivity contribution in [2.45, 2.75) is 6.61 Å². The molecule has 0 radical (unpaired) electrons. The highest BCUT2D eigenvalue weighted by Gasteiger charge is 2.37. The van der Waals surface area contributed by atoms with Gasteiger partial charge in [-0.05, 0) is 29.8 Å². The van der Waals surface area contributed by atoms with E-state index in [4.69, 9.17) is 21.1 Å². The van der Waals surface area contributed by atoms with Gasteiger partial charge < -0.3 is 19.7 Å². The van der Waals surface area contributed by atoms with E-state index >= 15 is 0 Å². The van der Waals surface area contributed by atoms with E-state index in [1.165, 1.54) is 48.5 Å². The van der Waals surface area contributed by atoms with Crippen LogP contribution in [0, 0.1) is 0 Å². The van der Waals surface area contributed by atoms with Crippen LogP contribution in [0.15, 0.2) is 115 Å². The lowest BCUT2D eigenvalue weighted by Crippen LogP contribution is -2.21. The second kappa shape index (κ2) is 13.1. The Bertz CT molecular complexity index is 1870. The Labute approximate surface area is 256 Å². The molecule has 0 bridgehead atoms. The zero-order valence-electron chi connectivity index (χ0n) is 22.9. The van der Waals surface area contributed by atoms with Gasteiger partial charge in [-0.25, -0.2) is 9.59 Å². The molecule has 8 nitrogen and oxygen atoms in total. The summed E-state index contributed by atoms with van der Waals surface area (Å²) < 4.78 is 11.0. The summed E-state index contributed by atoms with van der Waals surface area (Å²) in [7, 11) is 0. The number of aromatic hydroxyl groups is 2. The average Bonchev–Trinajstić information content (AvgIpc) is 3.06. The molecular formula is C35H23ClO8. The monoisotopic (exact) mass is 606 g/mol. The number of hydrogen-bond donors (Lipinski definition) is 2. The zero-order valence-corrected chi connectivity index (χ0v) is 23.7. The van der Waals surface area contributed by atoms with Crippen LogP contribution < -0.4 is 4.74 Å². The molecule has 218 valence electrons. The molecule has 2 N–H and O–H groups in total. The summed E-state index contributed by atoms with van der Waals surface area (Å²) in [5.41, 5.74) is -1.47. The van der Waals surface area contributed by atoms with Gasteiger partial charge in [-0.1, -0.05) is 103 Å². The zero-order chi connectivity index (χ0) is 31.2. The van der Waals surface area contributed by atoms with Gasteiger partial charge in [-0.2, -0.15) is 0 Å². The van der Waals surface area contributed by atoms with Crippen LogP contribution in [0.3, 0.4) is 0 Å². The molecule has 0 aliphatic carbocycles. The lowest BCUT2D eigenvalue weighted by molar-refractivity contribution is 0.0464. The van der Waals surface area contributed by atoms with Gasteiger partial charge in [-0.15, -0.1) is 0 Å². The van der Waals surface area contributed by atoms with Crippen LogP contribution in [0.2, 0.25) is 5.02 Å². The minimum atomic E-state index is -1.19. The number of phenols is 2. The van der Waals surface area contributed by atoms with E-state index in [0.717, 1.165) is 0 Å². The molecule has 0 aliphatic heterocycles. The molecule has 9 heteroatoms. The number of halogens is 1. The Morgan fingerprint density at radius 2 is 1.11 bits per heavy atom. The summed E-state index contributed by atoms with van der Waals surface area (Å²) in [4.78, 5) is 55.0. The Morgan fingerprint density at radius 3 is 1.73 bits per heavy atom. The van der Waals surface area contributed by atoms with Gasteiger partial charge in [0, 0.05) is 16.1 Å². The van der Waals surface area contributed by atoms with Crippen molar-refractivity contribution in [1.29, 1.82) is 0 Å². The number of esters is 2. The molecule has 0 amide bonds. The van der Waals surface area contributed by atoms with Crippen LogP contribution >= 0.6 is 11.6 Å². The topological polar surface area (TPSA) is 127 Å². The lowest BCUT2D eigenvalue weighted by atomic mass is 9.88. The summed E-state index contributed by atoms with van der Waals surface area (Å²) in [6, 6.07) is 29.6. The lowest BCUT2D eigenvalue weighted by Gasteiger charge is -2.20. The van der Waals surface area contributed by atoms with Crippen molar-refractivity contribution in [3.8, 4) is 17.2 Å². The van der Waals surface area contributed by atoms with Gasteiger partial charge in [0.25, 0.3) is 0 Å². The van der Waals surface area contributed by atoms with Crippen molar-refractivity contribution < 1.29 is 38.9 Å². The van der Waals surface area contributed by atoms with Crippen molar-refractivity contribution in [2.24, 2.45) is 0 Å². The van der Waals surface area contributed by atoms with Gasteiger partial charge in [0.15, 0.2) is 23.1 Å². The molecule has 5 rings (SSSR count). The number of ether oxygens (including phenoxy) is 2. The first-order valence-corrected chi connectivity index (χ1v) is 13.6. The first kappa shape index (κ1) is 29.8. The molecule has 44 heavy (non-hydrogen) atoms. The van der Waals surface area contributed by atoms with Gasteiger partial charge in [0.2, 0.25) is 5.75 Å². The third kappa shape index (κ3) is 6.21. The van der Waals surface area contributed by atoms with E-state index in [1.54, 1.807) is 66.7 Å². The molecule has 0 unspecified atom stereocenters. The highest BCUT2D eigenvalue weighted by atomic mass is 35.5. The van der Waals surface area contributed by atoms with E-state index in [0.29, 0.717) is 5.56 Å². The van der Waals surface area contributed by atoms with Gasteiger partial charge in [0.05, 0.1) is 22.3 Å². The number of carbonyl (C=O) groups is 4. The fraction of sp³-hybridized carbons (Fsp3) is 0.0286. The minimum Gasteiger partial charge on any atom is -0.504 e. The van der Waals surface area contributed by atoms with Crippen molar-refractivity contribution in [1.82, 2.24) is 0 Å². The van der Waals surface area contributed by atoms with Crippen molar-refractivity contribution in [3.63, 3.8) is 0 Å². The van der Waals surface area contributed by atoms with Gasteiger partial charge >= 0.3 is 11.9 Å². The maximum absolute atomic E-state index is 14.1. The van der Waals surface area contributed by atoms with E-state index < -0.39 is 57.4 Å². The largest absolute Gasteiger partial charge is 0.504 e. The minimum absolute atomic E-state index is 0.0366. The normalized spacial score (nSPS) is 10.6. The predicted octanol–water partition coefficient (Wildman–Crippen LogP) is 6.79. The SMILES string of the molecule is O=C(Oc1c(O)c(O)c(C(=O)c2ccccc2)c(C(=O)OCc2ccccc2)c1C(=O)c1cccc(Cl)c1)c1ccccc1. The summed E-state index contributed by atoms with van der Waals surface area (Å²) in [6.07, 6.45) is 0. The number of carbonyl (C=O) groups excluding carboxylic acids is 4. The van der Waals surface area contributed by atoms with E-state index in [1.807, 2.05) is 0 Å². The van der Waals surface area contributed by atoms with Crippen LogP contribution in [-0.4, -0.2) is 33.7 Å². The van der Waals surface area contributed by atoms with Crippen LogP contribution in [0.25, 0.3) is 0 Å². The van der Waals surface area contributed by atoms with E-state index in [9.17, 15) is 29.4 Å². The summed E-state index contributed by atoms with van der Waals surface area (Å²) in [5.74, 6) is -7.05. The molecule has 0 saturated carbocycles. The molecule has 0 saturated heterocycles. The number of rotatable bonds is 9. The van der Waals surface area contributed by atoms with Gasteiger partial charge in [0.1, 0.15) is 6.61 Å². The second-order valence-electron chi connectivity index (χ2n) is 9.50. The molecule has 5 aromatic rings. The van der Waals surface area contributed by atoms with Crippen LogP contribution in [0.1, 0.15) is 58.1 Å². The fourth-order valence-corrected chi connectivity index (χ4v) is 4.66. The van der Waals surface area contributed by atoms with E-state index in [-0.39, 0.29) is 28.3 Å². The number of ketones is 2. The summed E-state index contributed by atoms with van der Waals surface area (Å²) >= 11 is 6.15. The van der Waals surface area contributed by atoms with Crippen molar-refractivity contribution in [3.05, 3.63) is 159 Å². The first-order valence-electron chi connectivity index (χ1n) is 13.3. The Hall–Kier alpha value is -5.73. The Balaban J connectivity index is 1.77. The number of benzene rings is 5. The van der Waals surface area contributed by atoms with Crippen LogP contribution in [0.5, 0.6) is 17.2 Å². The number of phenolic OH excluding ortho intramolecular Hbond substituents is 2. The van der Waals surface area contributed by atoms with Gasteiger partial charge in [-0.3, -0.25) is 9.59 Å². The summed E-state index contributed by atoms with van der Waals surface area (Å²) in [6.45, 7) is -0.260. The van der Waals surface area contributed by atoms with Crippen molar-refractivity contribution >= 4 is 35.1 Å². The average molecular weight is 607 g/mol. The van der Waals surface area contributed by atoms with E-state index in [2.05, 4.69) is 0 Å². The third-order valence-electron chi connectivity index (χ3n) is 6.60. The maximum atomic E-state index is 14.1. The molecule has 0 heterocycles. The highest BCUT2D eigenvalue weighted by Crippen LogP contribution is 2.46. The standard InChI is InChI=1S/C35H23ClO8/c36-25-18-10-17-24(19-25)30(38)28-26(35(42)43-20-21-11-4-1-5-12-21)27(29(37)22-13-6-2-7-14-22)31(39)32(40)33(28)44-34(41)23-15-8-3-9-16-23/h1-19,39-40H,20H2. The number of hydrogen-bond acceptors (Lipinski definition) is 8. The van der Waals surface area contributed by atoms with Crippen LogP contribution in [-0.2, 0) is 11.3 Å². The maximum Gasteiger partial charge on any atom is 0.343 e. The molecule has 0 spiro atoms. The quantitative estimate of drug-likeness (QED) is 0.0812. The van der Waals surface area contributed by atoms with Crippen LogP contribution in [0.4, 0.5) is 0 Å². The molecule has 5 aromatic carbocycles. The fourth-order valence-electron chi connectivity index (χ4n) is 4.47. The smallest absolute Gasteiger partial charge is 0.343 e. The van der Waals surface area contributed by atoms with Crippen molar-refractivity contribution in [2.75, 3.05) is 0 Å². The molecular weight excluding hydrogens is 584 g/mol. The molecule has 0 atom stereocenters.